The van der Waals surface area contributed by atoms with Crippen LogP contribution in [0.4, 0.5) is 0 Å². The molecule has 5 heteroatoms. The second-order valence-corrected chi connectivity index (χ2v) is 4.94. The van der Waals surface area contributed by atoms with Crippen LogP contribution < -0.4 is 5.32 Å². The lowest BCUT2D eigenvalue weighted by Gasteiger charge is -2.31. The van der Waals surface area contributed by atoms with Gasteiger partial charge in [0.25, 0.3) is 0 Å². The molecule has 3 rings (SSSR count). The Bertz CT molecular complexity index is 541. The summed E-state index contributed by atoms with van der Waals surface area (Å²) in [6.45, 7) is 8.50. The van der Waals surface area contributed by atoms with E-state index in [4.69, 9.17) is 0 Å². The normalized spacial score (nSPS) is 19.2. The molecule has 1 unspecified atom stereocenters. The summed E-state index contributed by atoms with van der Waals surface area (Å²) in [4.78, 5) is 7.07. The molecule has 5 nitrogen and oxygen atoms in total. The zero-order chi connectivity index (χ0) is 12.5. The number of piperazine rings is 1. The quantitative estimate of drug-likeness (QED) is 0.857. The highest BCUT2D eigenvalue weighted by Gasteiger charge is 2.21. The summed E-state index contributed by atoms with van der Waals surface area (Å²) in [5, 5.41) is 7.94. The highest BCUT2D eigenvalue weighted by atomic mass is 15.3. The van der Waals surface area contributed by atoms with Gasteiger partial charge in [-0.1, -0.05) is 0 Å². The van der Waals surface area contributed by atoms with Crippen molar-refractivity contribution in [3.63, 3.8) is 0 Å². The number of hydrogen-bond acceptors (Lipinski definition) is 4. The molecule has 0 bridgehead atoms. The van der Waals surface area contributed by atoms with Crippen LogP contribution in [0.1, 0.15) is 24.4 Å². The molecule has 0 amide bonds. The Morgan fingerprint density at radius 2 is 2.11 bits per heavy atom. The van der Waals surface area contributed by atoms with Gasteiger partial charge in [0.2, 0.25) is 0 Å². The summed E-state index contributed by atoms with van der Waals surface area (Å²) >= 11 is 0. The Labute approximate surface area is 107 Å². The maximum absolute atomic E-state index is 4.64. The van der Waals surface area contributed by atoms with Crippen molar-refractivity contribution in [2.24, 2.45) is 0 Å². The van der Waals surface area contributed by atoms with Crippen LogP contribution in [0.3, 0.4) is 0 Å². The zero-order valence-electron chi connectivity index (χ0n) is 10.9. The smallest absolute Gasteiger partial charge is 0.168 e. The van der Waals surface area contributed by atoms with Crippen LogP contribution in [0.15, 0.2) is 18.3 Å². The van der Waals surface area contributed by atoms with Gasteiger partial charge in [0.05, 0.1) is 6.04 Å². The van der Waals surface area contributed by atoms with Crippen LogP contribution >= 0.6 is 0 Å². The number of aromatic nitrogens is 3. The molecule has 1 saturated heterocycles. The Morgan fingerprint density at radius 3 is 2.89 bits per heavy atom. The largest absolute Gasteiger partial charge is 0.314 e. The van der Waals surface area contributed by atoms with Crippen molar-refractivity contribution in [1.82, 2.24) is 24.8 Å². The average molecular weight is 245 g/mol. The second-order valence-electron chi connectivity index (χ2n) is 4.94. The van der Waals surface area contributed by atoms with Gasteiger partial charge in [-0.05, 0) is 31.5 Å². The Kier molecular flexibility index (Phi) is 3.01. The van der Waals surface area contributed by atoms with Crippen molar-refractivity contribution in [2.75, 3.05) is 26.2 Å². The van der Waals surface area contributed by atoms with Gasteiger partial charge in [-0.25, -0.2) is 9.50 Å². The predicted octanol–water partition coefficient (Wildman–Crippen LogP) is 1.00. The predicted molar refractivity (Wildman–Crippen MR) is 70.6 cm³/mol. The van der Waals surface area contributed by atoms with E-state index < -0.39 is 0 Å². The van der Waals surface area contributed by atoms with E-state index in [0.29, 0.717) is 0 Å². The van der Waals surface area contributed by atoms with E-state index in [2.05, 4.69) is 46.3 Å². The molecule has 0 saturated carbocycles. The average Bonchev–Trinajstić information content (AvgIpc) is 2.81. The van der Waals surface area contributed by atoms with Gasteiger partial charge in [-0.2, -0.15) is 0 Å². The molecule has 1 atom stereocenters. The third kappa shape index (κ3) is 2.11. The van der Waals surface area contributed by atoms with E-state index in [-0.39, 0.29) is 6.04 Å². The number of nitrogens with one attached hydrogen (secondary N) is 1. The van der Waals surface area contributed by atoms with Crippen molar-refractivity contribution < 1.29 is 0 Å². The molecule has 1 aliphatic rings. The van der Waals surface area contributed by atoms with Gasteiger partial charge < -0.3 is 5.32 Å². The summed E-state index contributed by atoms with van der Waals surface area (Å²) in [5.41, 5.74) is 2.16. The topological polar surface area (TPSA) is 45.5 Å². The van der Waals surface area contributed by atoms with E-state index in [9.17, 15) is 0 Å². The number of nitrogens with zero attached hydrogens (tertiary/aromatic N) is 4. The van der Waals surface area contributed by atoms with Crippen LogP contribution in [0, 0.1) is 6.92 Å². The van der Waals surface area contributed by atoms with E-state index in [1.54, 1.807) is 0 Å². The number of pyridine rings is 1. The van der Waals surface area contributed by atoms with E-state index >= 15 is 0 Å². The summed E-state index contributed by atoms with van der Waals surface area (Å²) < 4.78 is 1.86. The molecule has 2 aromatic rings. The first-order valence-electron chi connectivity index (χ1n) is 6.52. The zero-order valence-corrected chi connectivity index (χ0v) is 10.9. The first-order chi connectivity index (χ1) is 8.74. The fraction of sp³-hybridized carbons (Fsp3) is 0.538. The van der Waals surface area contributed by atoms with Crippen molar-refractivity contribution in [1.29, 1.82) is 0 Å². The van der Waals surface area contributed by atoms with Crippen molar-refractivity contribution in [2.45, 2.75) is 19.9 Å². The van der Waals surface area contributed by atoms with Crippen LogP contribution in [-0.2, 0) is 0 Å². The monoisotopic (exact) mass is 245 g/mol. The molecule has 0 aromatic carbocycles. The molecule has 18 heavy (non-hydrogen) atoms. The van der Waals surface area contributed by atoms with Crippen LogP contribution in [-0.4, -0.2) is 45.7 Å². The van der Waals surface area contributed by atoms with Gasteiger partial charge in [0.15, 0.2) is 11.5 Å². The Morgan fingerprint density at radius 1 is 1.33 bits per heavy atom. The van der Waals surface area contributed by atoms with Crippen LogP contribution in [0.2, 0.25) is 0 Å². The van der Waals surface area contributed by atoms with Crippen molar-refractivity contribution >= 4 is 5.65 Å². The lowest BCUT2D eigenvalue weighted by atomic mass is 10.2. The fourth-order valence-electron chi connectivity index (χ4n) is 2.41. The molecule has 96 valence electrons. The number of rotatable bonds is 2. The highest BCUT2D eigenvalue weighted by molar-refractivity contribution is 5.40. The molecule has 2 aromatic heterocycles. The minimum atomic E-state index is 0.285. The molecular weight excluding hydrogens is 226 g/mol. The lowest BCUT2D eigenvalue weighted by Crippen LogP contribution is -2.44. The molecule has 0 radical (unpaired) electrons. The van der Waals surface area contributed by atoms with Gasteiger partial charge in [0, 0.05) is 32.4 Å². The first-order valence-corrected chi connectivity index (χ1v) is 6.52. The molecule has 0 spiro atoms. The fourth-order valence-corrected chi connectivity index (χ4v) is 2.41. The molecule has 1 fully saturated rings. The maximum atomic E-state index is 4.64. The third-order valence-corrected chi connectivity index (χ3v) is 3.58. The second kappa shape index (κ2) is 4.66. The number of fused-ring (bicyclic) bond motifs is 1. The van der Waals surface area contributed by atoms with Gasteiger partial charge in [-0.3, -0.25) is 4.90 Å². The number of hydrogen-bond donors (Lipinski definition) is 1. The molecule has 0 aliphatic carbocycles. The van der Waals surface area contributed by atoms with Crippen molar-refractivity contribution in [3.05, 3.63) is 29.7 Å². The van der Waals surface area contributed by atoms with Crippen molar-refractivity contribution in [3.8, 4) is 0 Å². The van der Waals surface area contributed by atoms with E-state index in [0.717, 1.165) is 37.7 Å². The molecular formula is C13H19N5. The van der Waals surface area contributed by atoms with Gasteiger partial charge in [0.1, 0.15) is 0 Å². The van der Waals surface area contributed by atoms with E-state index in [1.807, 2.05) is 10.7 Å². The molecule has 1 N–H and O–H groups in total. The lowest BCUT2D eigenvalue weighted by molar-refractivity contribution is 0.179. The summed E-state index contributed by atoms with van der Waals surface area (Å²) in [5.74, 6) is 0.919. The minimum absolute atomic E-state index is 0.285. The Hall–Kier alpha value is -1.46. The summed E-state index contributed by atoms with van der Waals surface area (Å²) in [6, 6.07) is 4.41. The minimum Gasteiger partial charge on any atom is -0.314 e. The third-order valence-electron chi connectivity index (χ3n) is 3.58. The van der Waals surface area contributed by atoms with Crippen LogP contribution in [0.25, 0.3) is 5.65 Å². The Balaban J connectivity index is 1.88. The van der Waals surface area contributed by atoms with Crippen LogP contribution in [0.5, 0.6) is 0 Å². The number of aryl methyl sites for hydroxylation is 1. The van der Waals surface area contributed by atoms with Gasteiger partial charge in [-0.15, -0.1) is 5.10 Å². The standard InChI is InChI=1S/C13H19N5/c1-10-3-6-18-12(9-10)15-13(16-18)11(2)17-7-4-14-5-8-17/h3,6,9,11,14H,4-5,7-8H2,1-2H3. The SMILES string of the molecule is Cc1ccn2nc(C(C)N3CCNCC3)nc2c1. The summed E-state index contributed by atoms with van der Waals surface area (Å²) in [6.07, 6.45) is 1.98. The summed E-state index contributed by atoms with van der Waals surface area (Å²) in [7, 11) is 0. The molecule has 3 heterocycles. The van der Waals surface area contributed by atoms with Gasteiger partial charge >= 0.3 is 0 Å². The van der Waals surface area contributed by atoms with E-state index in [1.165, 1.54) is 5.56 Å². The first kappa shape index (κ1) is 11.6. The maximum Gasteiger partial charge on any atom is 0.168 e. The highest BCUT2D eigenvalue weighted by Crippen LogP contribution is 2.18. The molecule has 1 aliphatic heterocycles.